The molecule has 0 radical (unpaired) electrons. The van der Waals surface area contributed by atoms with Gasteiger partial charge in [-0.2, -0.15) is 0 Å². The molecule has 1 aromatic heterocycles. The van der Waals surface area contributed by atoms with E-state index in [-0.39, 0.29) is 11.8 Å². The lowest BCUT2D eigenvalue weighted by atomic mass is 9.86. The van der Waals surface area contributed by atoms with Crippen LogP contribution in [0.1, 0.15) is 24.1 Å². The third-order valence-corrected chi connectivity index (χ3v) is 4.59. The number of amides is 1. The second-order valence-corrected chi connectivity index (χ2v) is 6.07. The van der Waals surface area contributed by atoms with Crippen molar-refractivity contribution in [2.24, 2.45) is 5.92 Å². The Morgan fingerprint density at radius 3 is 3.04 bits per heavy atom. The first kappa shape index (κ1) is 15.9. The lowest BCUT2D eigenvalue weighted by molar-refractivity contribution is -0.125. The molecule has 0 saturated heterocycles. The van der Waals surface area contributed by atoms with Crippen molar-refractivity contribution in [3.63, 3.8) is 0 Å². The number of aromatic amines is 1. The van der Waals surface area contributed by atoms with Crippen LogP contribution in [0.2, 0.25) is 0 Å². The number of hydrogen-bond acceptors (Lipinski definition) is 3. The zero-order valence-electron chi connectivity index (χ0n) is 13.8. The molecule has 1 heterocycles. The monoisotopic (exact) mass is 316 g/mol. The van der Waals surface area contributed by atoms with Crippen LogP contribution in [0.5, 0.6) is 5.75 Å². The van der Waals surface area contributed by atoms with Gasteiger partial charge in [0.25, 0.3) is 0 Å². The van der Waals surface area contributed by atoms with Crippen molar-refractivity contribution in [1.82, 2.24) is 10.3 Å². The van der Waals surface area contributed by atoms with Gasteiger partial charge in [0, 0.05) is 42.8 Å². The summed E-state index contributed by atoms with van der Waals surface area (Å²) in [7, 11) is 3.35. The highest BCUT2D eigenvalue weighted by molar-refractivity contribution is 5.88. The first-order chi connectivity index (χ1) is 11.2. The number of rotatable bonds is 6. The van der Waals surface area contributed by atoms with Gasteiger partial charge in [0.15, 0.2) is 0 Å². The molecule has 124 valence electrons. The summed E-state index contributed by atoms with van der Waals surface area (Å²) >= 11 is 0. The van der Waals surface area contributed by atoms with E-state index < -0.39 is 0 Å². The summed E-state index contributed by atoms with van der Waals surface area (Å²) in [5, 5.41) is 4.20. The highest BCUT2D eigenvalue weighted by atomic mass is 16.5. The standard InChI is InChI=1S/C18H24N2O3/c1-22-9-3-8-19-18(21)12-4-6-16-14(10-12)15-11-13(23-2)5-7-17(15)20-16/h5,7,11-12,20H,3-4,6,8-10H2,1-2H3,(H,19,21). The van der Waals surface area contributed by atoms with Crippen LogP contribution in [0.4, 0.5) is 0 Å². The Morgan fingerprint density at radius 2 is 2.26 bits per heavy atom. The molecule has 0 fully saturated rings. The van der Waals surface area contributed by atoms with Gasteiger partial charge in [0.2, 0.25) is 5.91 Å². The van der Waals surface area contributed by atoms with Gasteiger partial charge in [-0.15, -0.1) is 0 Å². The largest absolute Gasteiger partial charge is 0.497 e. The van der Waals surface area contributed by atoms with Gasteiger partial charge in [-0.3, -0.25) is 4.79 Å². The second kappa shape index (κ2) is 7.04. The summed E-state index contributed by atoms with van der Waals surface area (Å²) in [6.07, 6.45) is 3.46. The van der Waals surface area contributed by atoms with E-state index >= 15 is 0 Å². The third kappa shape index (κ3) is 3.34. The van der Waals surface area contributed by atoms with Gasteiger partial charge >= 0.3 is 0 Å². The molecule has 2 N–H and O–H groups in total. The fraction of sp³-hybridized carbons (Fsp3) is 0.500. The van der Waals surface area contributed by atoms with E-state index in [1.165, 1.54) is 16.6 Å². The number of ether oxygens (including phenoxy) is 2. The molecule has 1 unspecified atom stereocenters. The smallest absolute Gasteiger partial charge is 0.223 e. The van der Waals surface area contributed by atoms with Crippen LogP contribution >= 0.6 is 0 Å². The molecule has 0 bridgehead atoms. The minimum absolute atomic E-state index is 0.0512. The fourth-order valence-corrected chi connectivity index (χ4v) is 3.32. The molecule has 1 aliphatic carbocycles. The molecular weight excluding hydrogens is 292 g/mol. The Bertz CT molecular complexity index is 693. The quantitative estimate of drug-likeness (QED) is 0.805. The average Bonchev–Trinajstić information content (AvgIpc) is 2.95. The number of H-pyrrole nitrogens is 1. The molecule has 23 heavy (non-hydrogen) atoms. The van der Waals surface area contributed by atoms with Crippen molar-refractivity contribution in [2.75, 3.05) is 27.4 Å². The lowest BCUT2D eigenvalue weighted by Gasteiger charge is -2.22. The number of hydrogen-bond donors (Lipinski definition) is 2. The molecule has 5 nitrogen and oxygen atoms in total. The Hall–Kier alpha value is -2.01. The van der Waals surface area contributed by atoms with E-state index in [1.807, 2.05) is 12.1 Å². The van der Waals surface area contributed by atoms with E-state index in [1.54, 1.807) is 14.2 Å². The maximum atomic E-state index is 12.4. The molecule has 0 saturated carbocycles. The molecule has 1 aliphatic rings. The van der Waals surface area contributed by atoms with Crippen LogP contribution in [0.15, 0.2) is 18.2 Å². The molecule has 2 aromatic rings. The predicted molar refractivity (Wildman–Crippen MR) is 89.9 cm³/mol. The maximum absolute atomic E-state index is 12.4. The predicted octanol–water partition coefficient (Wildman–Crippen LogP) is 2.43. The zero-order chi connectivity index (χ0) is 16.2. The normalized spacial score (nSPS) is 17.0. The van der Waals surface area contributed by atoms with Crippen molar-refractivity contribution >= 4 is 16.8 Å². The zero-order valence-corrected chi connectivity index (χ0v) is 13.8. The van der Waals surface area contributed by atoms with Crippen molar-refractivity contribution in [2.45, 2.75) is 25.7 Å². The fourth-order valence-electron chi connectivity index (χ4n) is 3.32. The maximum Gasteiger partial charge on any atom is 0.223 e. The van der Waals surface area contributed by atoms with Crippen LogP contribution in [0.3, 0.4) is 0 Å². The number of methoxy groups -OCH3 is 2. The SMILES string of the molecule is COCCCNC(=O)C1CCc2[nH]c3ccc(OC)cc3c2C1. The Kier molecular flexibility index (Phi) is 4.86. The summed E-state index contributed by atoms with van der Waals surface area (Å²) in [6, 6.07) is 6.07. The number of benzene rings is 1. The Balaban J connectivity index is 1.73. The molecule has 1 amide bonds. The number of nitrogens with one attached hydrogen (secondary N) is 2. The van der Waals surface area contributed by atoms with E-state index in [2.05, 4.69) is 16.4 Å². The first-order valence-electron chi connectivity index (χ1n) is 8.17. The van der Waals surface area contributed by atoms with Crippen LogP contribution < -0.4 is 10.1 Å². The van der Waals surface area contributed by atoms with Gasteiger partial charge in [-0.25, -0.2) is 0 Å². The number of carbonyl (C=O) groups is 1. The topological polar surface area (TPSA) is 63.3 Å². The summed E-state index contributed by atoms with van der Waals surface area (Å²) < 4.78 is 10.3. The highest BCUT2D eigenvalue weighted by Gasteiger charge is 2.27. The van der Waals surface area contributed by atoms with E-state index in [9.17, 15) is 4.79 Å². The molecule has 5 heteroatoms. The summed E-state index contributed by atoms with van der Waals surface area (Å²) in [6.45, 7) is 1.36. The molecule has 1 aromatic carbocycles. The third-order valence-electron chi connectivity index (χ3n) is 4.59. The van der Waals surface area contributed by atoms with Crippen LogP contribution in [-0.2, 0) is 22.4 Å². The number of carbonyl (C=O) groups excluding carboxylic acids is 1. The van der Waals surface area contributed by atoms with Crippen LogP contribution in [0, 0.1) is 5.92 Å². The van der Waals surface area contributed by atoms with Gasteiger partial charge in [0.05, 0.1) is 7.11 Å². The Labute approximate surface area is 136 Å². The first-order valence-corrected chi connectivity index (χ1v) is 8.17. The van der Waals surface area contributed by atoms with E-state index in [0.717, 1.165) is 36.9 Å². The average molecular weight is 316 g/mol. The number of fused-ring (bicyclic) bond motifs is 3. The van der Waals surface area contributed by atoms with Crippen molar-refractivity contribution in [3.8, 4) is 5.75 Å². The molecular formula is C18H24N2O3. The summed E-state index contributed by atoms with van der Waals surface area (Å²) in [5.74, 6) is 1.06. The lowest BCUT2D eigenvalue weighted by Crippen LogP contribution is -2.34. The molecule has 0 spiro atoms. The number of aryl methyl sites for hydroxylation is 1. The van der Waals surface area contributed by atoms with Crippen molar-refractivity contribution in [3.05, 3.63) is 29.5 Å². The van der Waals surface area contributed by atoms with Gasteiger partial charge < -0.3 is 19.8 Å². The van der Waals surface area contributed by atoms with Gasteiger partial charge in [-0.05, 0) is 49.4 Å². The van der Waals surface area contributed by atoms with Gasteiger partial charge in [0.1, 0.15) is 5.75 Å². The van der Waals surface area contributed by atoms with Crippen LogP contribution in [0.25, 0.3) is 10.9 Å². The second-order valence-electron chi connectivity index (χ2n) is 6.07. The molecule has 1 atom stereocenters. The van der Waals surface area contributed by atoms with E-state index in [4.69, 9.17) is 9.47 Å². The van der Waals surface area contributed by atoms with Crippen molar-refractivity contribution < 1.29 is 14.3 Å². The Morgan fingerprint density at radius 1 is 1.39 bits per heavy atom. The minimum atomic E-state index is 0.0512. The van der Waals surface area contributed by atoms with E-state index in [0.29, 0.717) is 13.2 Å². The van der Waals surface area contributed by atoms with Gasteiger partial charge in [-0.1, -0.05) is 0 Å². The number of aromatic nitrogens is 1. The molecule has 0 aliphatic heterocycles. The summed E-state index contributed by atoms with van der Waals surface area (Å²) in [4.78, 5) is 15.8. The molecule has 3 rings (SSSR count). The van der Waals surface area contributed by atoms with Crippen molar-refractivity contribution in [1.29, 1.82) is 0 Å². The van der Waals surface area contributed by atoms with Crippen LogP contribution in [-0.4, -0.2) is 38.3 Å². The summed E-state index contributed by atoms with van der Waals surface area (Å²) in [5.41, 5.74) is 3.65. The minimum Gasteiger partial charge on any atom is -0.497 e. The highest BCUT2D eigenvalue weighted by Crippen LogP contribution is 2.33.